The van der Waals surface area contributed by atoms with Crippen LogP contribution in [0.2, 0.25) is 0 Å². The molecule has 2 aromatic rings. The standard InChI is InChI=1S/C20H22N4O2/c1-15(24-14-16-6-2-3-7-17(16)20(24)26)19(25)23-12-10-22(11-13-23)18-8-4-5-9-21-18/h2-9,15H,10-14H2,1H3. The zero-order chi connectivity index (χ0) is 18.1. The highest BCUT2D eigenvalue weighted by molar-refractivity contribution is 6.01. The van der Waals surface area contributed by atoms with Crippen molar-refractivity contribution in [2.75, 3.05) is 31.1 Å². The molecular formula is C20H22N4O2. The lowest BCUT2D eigenvalue weighted by molar-refractivity contribution is -0.136. The number of hydrogen-bond acceptors (Lipinski definition) is 4. The fourth-order valence-electron chi connectivity index (χ4n) is 3.68. The van der Waals surface area contributed by atoms with Crippen LogP contribution in [-0.2, 0) is 11.3 Å². The number of rotatable bonds is 3. The SMILES string of the molecule is CC(C(=O)N1CCN(c2ccccn2)CC1)N1Cc2ccccc2C1=O. The van der Waals surface area contributed by atoms with Crippen molar-refractivity contribution in [3.8, 4) is 0 Å². The van der Waals surface area contributed by atoms with Gasteiger partial charge in [0.05, 0.1) is 0 Å². The third kappa shape index (κ3) is 2.92. The predicted molar refractivity (Wildman–Crippen MR) is 98.8 cm³/mol. The average molecular weight is 350 g/mol. The van der Waals surface area contributed by atoms with E-state index < -0.39 is 6.04 Å². The Kier molecular flexibility index (Phi) is 4.32. The van der Waals surface area contributed by atoms with E-state index in [2.05, 4.69) is 9.88 Å². The second-order valence-electron chi connectivity index (χ2n) is 6.77. The first kappa shape index (κ1) is 16.6. The van der Waals surface area contributed by atoms with Crippen LogP contribution < -0.4 is 4.90 Å². The third-order valence-corrected chi connectivity index (χ3v) is 5.24. The zero-order valence-electron chi connectivity index (χ0n) is 14.8. The first-order chi connectivity index (χ1) is 12.6. The van der Waals surface area contributed by atoms with Gasteiger partial charge in [0.15, 0.2) is 0 Å². The Hall–Kier alpha value is -2.89. The summed E-state index contributed by atoms with van der Waals surface area (Å²) in [6, 6.07) is 13.0. The fraction of sp³-hybridized carbons (Fsp3) is 0.350. The lowest BCUT2D eigenvalue weighted by Crippen LogP contribution is -2.54. The normalized spacial score (nSPS) is 18.0. The van der Waals surface area contributed by atoms with Crippen molar-refractivity contribution in [2.45, 2.75) is 19.5 Å². The highest BCUT2D eigenvalue weighted by Gasteiger charge is 2.36. The first-order valence-corrected chi connectivity index (χ1v) is 8.99. The maximum absolute atomic E-state index is 12.9. The van der Waals surface area contributed by atoms with Crippen LogP contribution in [0.5, 0.6) is 0 Å². The molecule has 1 saturated heterocycles. The van der Waals surface area contributed by atoms with Gasteiger partial charge in [-0.15, -0.1) is 0 Å². The second kappa shape index (κ2) is 6.78. The molecule has 26 heavy (non-hydrogen) atoms. The van der Waals surface area contributed by atoms with Crippen LogP contribution in [0.25, 0.3) is 0 Å². The quantitative estimate of drug-likeness (QED) is 0.847. The molecule has 0 saturated carbocycles. The van der Waals surface area contributed by atoms with Gasteiger partial charge in [0.1, 0.15) is 11.9 Å². The van der Waals surface area contributed by atoms with Crippen LogP contribution in [-0.4, -0.2) is 58.8 Å². The van der Waals surface area contributed by atoms with Crippen LogP contribution in [0.15, 0.2) is 48.7 Å². The molecule has 1 unspecified atom stereocenters. The molecule has 4 rings (SSSR count). The van der Waals surface area contributed by atoms with Crippen molar-refractivity contribution in [3.05, 3.63) is 59.8 Å². The number of piperazine rings is 1. The smallest absolute Gasteiger partial charge is 0.255 e. The maximum atomic E-state index is 12.9. The number of pyridine rings is 1. The van der Waals surface area contributed by atoms with Crippen molar-refractivity contribution in [1.29, 1.82) is 0 Å². The molecule has 1 atom stereocenters. The lowest BCUT2D eigenvalue weighted by Gasteiger charge is -2.37. The lowest BCUT2D eigenvalue weighted by atomic mass is 10.1. The second-order valence-corrected chi connectivity index (χ2v) is 6.77. The van der Waals surface area contributed by atoms with Crippen LogP contribution in [0.4, 0.5) is 5.82 Å². The number of fused-ring (bicyclic) bond motifs is 1. The van der Waals surface area contributed by atoms with E-state index in [1.807, 2.05) is 54.3 Å². The summed E-state index contributed by atoms with van der Waals surface area (Å²) in [5.74, 6) is 0.915. The summed E-state index contributed by atoms with van der Waals surface area (Å²) >= 11 is 0. The van der Waals surface area contributed by atoms with Crippen molar-refractivity contribution in [2.24, 2.45) is 0 Å². The molecule has 6 nitrogen and oxygen atoms in total. The Balaban J connectivity index is 1.39. The van der Waals surface area contributed by atoms with E-state index in [0.29, 0.717) is 25.2 Å². The van der Waals surface area contributed by atoms with Crippen molar-refractivity contribution in [1.82, 2.24) is 14.8 Å². The Bertz CT molecular complexity index is 816. The number of amides is 2. The average Bonchev–Trinajstić information content (AvgIpc) is 3.04. The molecule has 0 N–H and O–H groups in total. The van der Waals surface area contributed by atoms with Gasteiger partial charge in [-0.3, -0.25) is 9.59 Å². The van der Waals surface area contributed by atoms with E-state index in [0.717, 1.165) is 24.5 Å². The summed E-state index contributed by atoms with van der Waals surface area (Å²) in [5.41, 5.74) is 1.71. The van der Waals surface area contributed by atoms with E-state index in [1.54, 1.807) is 11.1 Å². The molecule has 2 aliphatic rings. The number of carbonyl (C=O) groups excluding carboxylic acids is 2. The van der Waals surface area contributed by atoms with Crippen LogP contribution in [0, 0.1) is 0 Å². The number of aromatic nitrogens is 1. The number of benzene rings is 1. The minimum atomic E-state index is -0.448. The molecule has 0 spiro atoms. The molecule has 0 bridgehead atoms. The number of carbonyl (C=O) groups is 2. The molecule has 3 heterocycles. The van der Waals surface area contributed by atoms with Gasteiger partial charge in [0, 0.05) is 44.5 Å². The van der Waals surface area contributed by atoms with Gasteiger partial charge in [-0.1, -0.05) is 24.3 Å². The van der Waals surface area contributed by atoms with E-state index >= 15 is 0 Å². The van der Waals surface area contributed by atoms with E-state index in [-0.39, 0.29) is 11.8 Å². The minimum Gasteiger partial charge on any atom is -0.353 e. The summed E-state index contributed by atoms with van der Waals surface area (Å²) < 4.78 is 0. The predicted octanol–water partition coefficient (Wildman–Crippen LogP) is 1.77. The Morgan fingerprint density at radius 2 is 1.77 bits per heavy atom. The van der Waals surface area contributed by atoms with Gasteiger partial charge in [0.2, 0.25) is 5.91 Å². The van der Waals surface area contributed by atoms with Gasteiger partial charge in [-0.2, -0.15) is 0 Å². The molecule has 2 aliphatic heterocycles. The van der Waals surface area contributed by atoms with Crippen LogP contribution >= 0.6 is 0 Å². The molecule has 134 valence electrons. The Morgan fingerprint density at radius 3 is 2.46 bits per heavy atom. The largest absolute Gasteiger partial charge is 0.353 e. The van der Waals surface area contributed by atoms with Gasteiger partial charge in [-0.25, -0.2) is 4.98 Å². The summed E-state index contributed by atoms with van der Waals surface area (Å²) in [6.45, 7) is 5.14. The summed E-state index contributed by atoms with van der Waals surface area (Å²) in [7, 11) is 0. The molecule has 6 heteroatoms. The van der Waals surface area contributed by atoms with Crippen molar-refractivity contribution < 1.29 is 9.59 Å². The van der Waals surface area contributed by atoms with Gasteiger partial charge < -0.3 is 14.7 Å². The van der Waals surface area contributed by atoms with Crippen LogP contribution in [0.1, 0.15) is 22.8 Å². The molecule has 2 amide bonds. The molecular weight excluding hydrogens is 328 g/mol. The summed E-state index contributed by atoms with van der Waals surface area (Å²) in [4.78, 5) is 35.6. The maximum Gasteiger partial charge on any atom is 0.255 e. The number of anilines is 1. The Morgan fingerprint density at radius 1 is 1.04 bits per heavy atom. The summed E-state index contributed by atoms with van der Waals surface area (Å²) in [6.07, 6.45) is 1.78. The van der Waals surface area contributed by atoms with E-state index in [4.69, 9.17) is 0 Å². The van der Waals surface area contributed by atoms with Gasteiger partial charge in [0.25, 0.3) is 5.91 Å². The highest BCUT2D eigenvalue weighted by atomic mass is 16.2. The van der Waals surface area contributed by atoms with Crippen molar-refractivity contribution in [3.63, 3.8) is 0 Å². The fourth-order valence-corrected chi connectivity index (χ4v) is 3.68. The molecule has 1 aromatic heterocycles. The molecule has 1 fully saturated rings. The monoisotopic (exact) mass is 350 g/mol. The first-order valence-electron chi connectivity index (χ1n) is 8.99. The minimum absolute atomic E-state index is 0.0202. The molecule has 0 radical (unpaired) electrons. The number of nitrogens with zero attached hydrogens (tertiary/aromatic N) is 4. The Labute approximate surface area is 153 Å². The van der Waals surface area contributed by atoms with E-state index in [1.165, 1.54) is 0 Å². The van der Waals surface area contributed by atoms with E-state index in [9.17, 15) is 9.59 Å². The van der Waals surface area contributed by atoms with Gasteiger partial charge in [-0.05, 0) is 30.7 Å². The van der Waals surface area contributed by atoms with Crippen LogP contribution in [0.3, 0.4) is 0 Å². The zero-order valence-corrected chi connectivity index (χ0v) is 14.8. The van der Waals surface area contributed by atoms with Gasteiger partial charge >= 0.3 is 0 Å². The van der Waals surface area contributed by atoms with Crippen molar-refractivity contribution >= 4 is 17.6 Å². The number of hydrogen-bond donors (Lipinski definition) is 0. The topological polar surface area (TPSA) is 56.8 Å². The highest BCUT2D eigenvalue weighted by Crippen LogP contribution is 2.25. The molecule has 0 aliphatic carbocycles. The molecule has 1 aromatic carbocycles. The third-order valence-electron chi connectivity index (χ3n) is 5.24. The summed E-state index contributed by atoms with van der Waals surface area (Å²) in [5, 5.41) is 0.